The molecule has 0 unspecified atom stereocenters. The van der Waals surface area contributed by atoms with E-state index in [-0.39, 0.29) is 10.6 Å². The Morgan fingerprint density at radius 2 is 2.36 bits per heavy atom. The lowest BCUT2D eigenvalue weighted by atomic mass is 10.3. The van der Waals surface area contributed by atoms with E-state index >= 15 is 0 Å². The number of nitrogens with one attached hydrogen (secondary N) is 1. The Kier molecular flexibility index (Phi) is 1.74. The standard InChI is InChI=1S/C7H5N3O3S/c8-3-2-1-9-7(13)10-5(2)14-4(3)6(11)12/h1H,8H2,(H,11,12)(H,9,10,13). The third-order valence-electron chi connectivity index (χ3n) is 1.71. The number of nitrogens with two attached hydrogens (primary N) is 1. The number of aromatic amines is 1. The zero-order valence-electron chi connectivity index (χ0n) is 6.77. The predicted molar refractivity (Wildman–Crippen MR) is 51.6 cm³/mol. The minimum absolute atomic E-state index is 0.0173. The molecular weight excluding hydrogens is 206 g/mol. The van der Waals surface area contributed by atoms with Gasteiger partial charge in [-0.2, -0.15) is 0 Å². The summed E-state index contributed by atoms with van der Waals surface area (Å²) in [6, 6.07) is 0. The van der Waals surface area contributed by atoms with E-state index < -0.39 is 11.7 Å². The maximum atomic E-state index is 10.8. The third-order valence-corrected chi connectivity index (χ3v) is 2.83. The Balaban J connectivity index is 2.86. The summed E-state index contributed by atoms with van der Waals surface area (Å²) in [5.41, 5.74) is 5.18. The highest BCUT2D eigenvalue weighted by Crippen LogP contribution is 2.30. The summed E-state index contributed by atoms with van der Waals surface area (Å²) in [5.74, 6) is -1.11. The van der Waals surface area contributed by atoms with Crippen LogP contribution in [0.25, 0.3) is 10.2 Å². The smallest absolute Gasteiger partial charge is 0.348 e. The number of hydrogen-bond acceptors (Lipinski definition) is 5. The number of thiophene rings is 1. The molecule has 0 aliphatic rings. The second-order valence-electron chi connectivity index (χ2n) is 2.58. The molecule has 14 heavy (non-hydrogen) atoms. The zero-order chi connectivity index (χ0) is 10.3. The Morgan fingerprint density at radius 3 is 3.00 bits per heavy atom. The number of anilines is 1. The summed E-state index contributed by atoms with van der Waals surface area (Å²) in [6.45, 7) is 0. The van der Waals surface area contributed by atoms with Gasteiger partial charge in [-0.1, -0.05) is 0 Å². The van der Waals surface area contributed by atoms with Crippen LogP contribution in [0, 0.1) is 0 Å². The number of aromatic carboxylic acids is 1. The van der Waals surface area contributed by atoms with E-state index in [1.165, 1.54) is 6.20 Å². The molecule has 0 radical (unpaired) electrons. The first-order valence-corrected chi connectivity index (χ1v) is 4.42. The molecule has 0 spiro atoms. The van der Waals surface area contributed by atoms with Crippen LogP contribution in [-0.2, 0) is 0 Å². The van der Waals surface area contributed by atoms with Crippen molar-refractivity contribution in [1.82, 2.24) is 9.97 Å². The topological polar surface area (TPSA) is 109 Å². The zero-order valence-corrected chi connectivity index (χ0v) is 7.59. The van der Waals surface area contributed by atoms with Crippen molar-refractivity contribution in [1.29, 1.82) is 0 Å². The van der Waals surface area contributed by atoms with E-state index in [2.05, 4.69) is 9.97 Å². The van der Waals surface area contributed by atoms with Gasteiger partial charge in [-0.05, 0) is 0 Å². The van der Waals surface area contributed by atoms with Gasteiger partial charge in [-0.15, -0.1) is 11.3 Å². The molecule has 0 aromatic carbocycles. The SMILES string of the molecule is Nc1c(C(=O)O)sc2[nH]c(=O)ncc12. The van der Waals surface area contributed by atoms with E-state index in [9.17, 15) is 9.59 Å². The van der Waals surface area contributed by atoms with Crippen molar-refractivity contribution in [3.05, 3.63) is 21.6 Å². The van der Waals surface area contributed by atoms with Crippen molar-refractivity contribution in [2.45, 2.75) is 0 Å². The summed E-state index contributed by atoms with van der Waals surface area (Å²) in [4.78, 5) is 27.8. The molecule has 4 N–H and O–H groups in total. The van der Waals surface area contributed by atoms with Gasteiger partial charge in [0, 0.05) is 6.20 Å². The number of carboxylic acid groups (broad SMARTS) is 1. The maximum Gasteiger partial charge on any atom is 0.348 e. The molecule has 0 aliphatic carbocycles. The van der Waals surface area contributed by atoms with Crippen molar-refractivity contribution in [3.63, 3.8) is 0 Å². The van der Waals surface area contributed by atoms with Gasteiger partial charge in [-0.25, -0.2) is 14.6 Å². The normalized spacial score (nSPS) is 10.6. The van der Waals surface area contributed by atoms with Crippen LogP contribution in [0.5, 0.6) is 0 Å². The molecule has 2 heterocycles. The molecule has 72 valence electrons. The summed E-state index contributed by atoms with van der Waals surface area (Å²) >= 11 is 0.926. The lowest BCUT2D eigenvalue weighted by Crippen LogP contribution is -2.07. The molecule has 7 heteroatoms. The van der Waals surface area contributed by atoms with Crippen LogP contribution >= 0.6 is 11.3 Å². The quantitative estimate of drug-likeness (QED) is 0.627. The number of H-pyrrole nitrogens is 1. The summed E-state index contributed by atoms with van der Waals surface area (Å²) < 4.78 is 0. The van der Waals surface area contributed by atoms with E-state index in [4.69, 9.17) is 10.8 Å². The van der Waals surface area contributed by atoms with Crippen LogP contribution in [0.4, 0.5) is 5.69 Å². The molecule has 0 bridgehead atoms. The van der Waals surface area contributed by atoms with Crippen LogP contribution < -0.4 is 11.4 Å². The van der Waals surface area contributed by atoms with E-state index in [0.29, 0.717) is 10.2 Å². The maximum absolute atomic E-state index is 10.8. The molecule has 2 aromatic rings. The molecule has 0 fully saturated rings. The fourth-order valence-electron chi connectivity index (χ4n) is 1.09. The lowest BCUT2D eigenvalue weighted by Gasteiger charge is -1.89. The number of carbonyl (C=O) groups is 1. The average Bonchev–Trinajstić information content (AvgIpc) is 2.43. The van der Waals surface area contributed by atoms with Gasteiger partial charge >= 0.3 is 11.7 Å². The summed E-state index contributed by atoms with van der Waals surface area (Å²) in [6.07, 6.45) is 1.27. The number of rotatable bonds is 1. The first-order chi connectivity index (χ1) is 6.59. The lowest BCUT2D eigenvalue weighted by molar-refractivity contribution is 0.0703. The van der Waals surface area contributed by atoms with Crippen molar-refractivity contribution in [2.24, 2.45) is 0 Å². The van der Waals surface area contributed by atoms with Crippen LogP contribution in [0.3, 0.4) is 0 Å². The number of nitrogens with zero attached hydrogens (tertiary/aromatic N) is 1. The minimum atomic E-state index is -1.11. The first-order valence-electron chi connectivity index (χ1n) is 3.60. The fourth-order valence-corrected chi connectivity index (χ4v) is 2.01. The van der Waals surface area contributed by atoms with Gasteiger partial charge in [-0.3, -0.25) is 4.98 Å². The largest absolute Gasteiger partial charge is 0.477 e. The molecule has 0 atom stereocenters. The van der Waals surface area contributed by atoms with Crippen molar-refractivity contribution >= 4 is 33.2 Å². The van der Waals surface area contributed by atoms with Crippen LogP contribution in [0.1, 0.15) is 9.67 Å². The molecule has 0 aliphatic heterocycles. The second kappa shape index (κ2) is 2.81. The molecule has 6 nitrogen and oxygen atoms in total. The molecule has 0 saturated heterocycles. The highest BCUT2D eigenvalue weighted by molar-refractivity contribution is 7.21. The molecule has 0 saturated carbocycles. The number of aromatic nitrogens is 2. The fraction of sp³-hybridized carbons (Fsp3) is 0. The Hall–Kier alpha value is -1.89. The third kappa shape index (κ3) is 1.14. The van der Waals surface area contributed by atoms with E-state index in [0.717, 1.165) is 11.3 Å². The first kappa shape index (κ1) is 8.70. The van der Waals surface area contributed by atoms with Gasteiger partial charge in [0.1, 0.15) is 9.71 Å². The molecular formula is C7H5N3O3S. The number of nitrogen functional groups attached to an aromatic ring is 1. The highest BCUT2D eigenvalue weighted by Gasteiger charge is 2.15. The number of carboxylic acids is 1. The van der Waals surface area contributed by atoms with Crippen molar-refractivity contribution < 1.29 is 9.90 Å². The predicted octanol–water partition coefficient (Wildman–Crippen LogP) is 0.265. The van der Waals surface area contributed by atoms with Gasteiger partial charge in [0.15, 0.2) is 0 Å². The Morgan fingerprint density at radius 1 is 1.64 bits per heavy atom. The molecule has 2 rings (SSSR count). The van der Waals surface area contributed by atoms with Crippen LogP contribution in [0.15, 0.2) is 11.0 Å². The average molecular weight is 211 g/mol. The Labute approximate surface area is 81.0 Å². The molecule has 2 aromatic heterocycles. The highest BCUT2D eigenvalue weighted by atomic mass is 32.1. The van der Waals surface area contributed by atoms with E-state index in [1.54, 1.807) is 0 Å². The van der Waals surface area contributed by atoms with Crippen molar-refractivity contribution in [2.75, 3.05) is 5.73 Å². The molecule has 0 amide bonds. The van der Waals surface area contributed by atoms with E-state index in [1.807, 2.05) is 0 Å². The summed E-state index contributed by atoms with van der Waals surface area (Å²) in [5, 5.41) is 9.22. The minimum Gasteiger partial charge on any atom is -0.477 e. The second-order valence-corrected chi connectivity index (χ2v) is 3.60. The van der Waals surface area contributed by atoms with Crippen LogP contribution in [-0.4, -0.2) is 21.0 Å². The number of hydrogen-bond donors (Lipinski definition) is 3. The Bertz CT molecular complexity index is 571. The van der Waals surface area contributed by atoms with Gasteiger partial charge in [0.2, 0.25) is 0 Å². The summed E-state index contributed by atoms with van der Waals surface area (Å²) in [7, 11) is 0. The van der Waals surface area contributed by atoms with Gasteiger partial charge in [0.25, 0.3) is 0 Å². The number of fused-ring (bicyclic) bond motifs is 1. The van der Waals surface area contributed by atoms with Gasteiger partial charge in [0.05, 0.1) is 11.1 Å². The van der Waals surface area contributed by atoms with Crippen LogP contribution in [0.2, 0.25) is 0 Å². The van der Waals surface area contributed by atoms with Gasteiger partial charge < -0.3 is 10.8 Å². The monoisotopic (exact) mass is 211 g/mol. The van der Waals surface area contributed by atoms with Crippen molar-refractivity contribution in [3.8, 4) is 0 Å².